The van der Waals surface area contributed by atoms with Crippen molar-refractivity contribution in [3.8, 4) is 0 Å². The minimum Gasteiger partial charge on any atom is -0.284 e. The van der Waals surface area contributed by atoms with Crippen LogP contribution in [0.1, 0.15) is 0 Å². The molecule has 1 aromatic heterocycles. The van der Waals surface area contributed by atoms with Crippen molar-refractivity contribution in [2.75, 3.05) is 11.0 Å². The number of fused-ring (bicyclic) bond motifs is 1. The number of H-pyrrole nitrogens is 1. The zero-order valence-electron chi connectivity index (χ0n) is 7.48. The summed E-state index contributed by atoms with van der Waals surface area (Å²) in [5.74, 6) is 0. The van der Waals surface area contributed by atoms with E-state index in [-0.39, 0.29) is 0 Å². The Labute approximate surface area is 81.2 Å². The van der Waals surface area contributed by atoms with Gasteiger partial charge in [0.1, 0.15) is 0 Å². The van der Waals surface area contributed by atoms with Gasteiger partial charge in [-0.05, 0) is 18.2 Å². The van der Waals surface area contributed by atoms with Crippen LogP contribution in [0.2, 0.25) is 0 Å². The van der Waals surface area contributed by atoms with E-state index in [1.54, 1.807) is 24.4 Å². The van der Waals surface area contributed by atoms with Crippen molar-refractivity contribution in [2.24, 2.45) is 0 Å². The largest absolute Gasteiger partial charge is 0.284 e. The van der Waals surface area contributed by atoms with Crippen molar-refractivity contribution in [3.63, 3.8) is 0 Å². The maximum Gasteiger partial charge on any atom is 0.229 e. The number of nitrogens with one attached hydrogen (secondary N) is 2. The minimum atomic E-state index is -3.21. The van der Waals surface area contributed by atoms with Crippen molar-refractivity contribution >= 4 is 26.6 Å². The maximum atomic E-state index is 10.9. The summed E-state index contributed by atoms with van der Waals surface area (Å²) in [7, 11) is -3.21. The van der Waals surface area contributed by atoms with Gasteiger partial charge in [-0.1, -0.05) is 0 Å². The Balaban J connectivity index is 2.44. The molecule has 5 nitrogen and oxygen atoms in total. The van der Waals surface area contributed by atoms with Crippen LogP contribution in [0.4, 0.5) is 5.69 Å². The molecule has 14 heavy (non-hydrogen) atoms. The van der Waals surface area contributed by atoms with Gasteiger partial charge < -0.3 is 0 Å². The number of sulfonamides is 1. The molecule has 0 fully saturated rings. The van der Waals surface area contributed by atoms with Crippen LogP contribution in [-0.4, -0.2) is 24.9 Å². The highest BCUT2D eigenvalue weighted by atomic mass is 32.2. The number of hydrogen-bond acceptors (Lipinski definition) is 3. The standard InChI is InChI=1S/C8H9N3O2S/c1-14(12,13)11-7-2-3-8-6(4-7)5-9-10-8/h2-5,11H,1H3,(H,9,10). The SMILES string of the molecule is CS(=O)(=O)Nc1ccc2[nH]ncc2c1. The van der Waals surface area contributed by atoms with Crippen molar-refractivity contribution in [2.45, 2.75) is 0 Å². The molecule has 2 N–H and O–H groups in total. The van der Waals surface area contributed by atoms with Gasteiger partial charge in [0.05, 0.1) is 18.0 Å². The van der Waals surface area contributed by atoms with Crippen LogP contribution in [-0.2, 0) is 10.0 Å². The summed E-state index contributed by atoms with van der Waals surface area (Å²) in [5, 5.41) is 7.49. The van der Waals surface area contributed by atoms with Gasteiger partial charge in [-0.3, -0.25) is 9.82 Å². The van der Waals surface area contributed by atoms with Crippen LogP contribution in [0, 0.1) is 0 Å². The number of benzene rings is 1. The third kappa shape index (κ3) is 1.85. The second kappa shape index (κ2) is 2.98. The van der Waals surface area contributed by atoms with E-state index in [4.69, 9.17) is 0 Å². The lowest BCUT2D eigenvalue weighted by Crippen LogP contribution is -2.09. The third-order valence-corrected chi connectivity index (χ3v) is 2.35. The van der Waals surface area contributed by atoms with Gasteiger partial charge in [0.15, 0.2) is 0 Å². The molecule has 2 aromatic rings. The molecule has 0 aliphatic carbocycles. The number of nitrogens with zero attached hydrogens (tertiary/aromatic N) is 1. The van der Waals surface area contributed by atoms with E-state index in [0.29, 0.717) is 5.69 Å². The van der Waals surface area contributed by atoms with E-state index >= 15 is 0 Å². The molecule has 6 heteroatoms. The van der Waals surface area contributed by atoms with Crippen LogP contribution in [0.3, 0.4) is 0 Å². The molecule has 0 unspecified atom stereocenters. The summed E-state index contributed by atoms with van der Waals surface area (Å²) in [4.78, 5) is 0. The Morgan fingerprint density at radius 2 is 2.21 bits per heavy atom. The van der Waals surface area contributed by atoms with Crippen molar-refractivity contribution in [1.29, 1.82) is 0 Å². The van der Waals surface area contributed by atoms with Gasteiger partial charge in [0.25, 0.3) is 0 Å². The lowest BCUT2D eigenvalue weighted by molar-refractivity contribution is 0.607. The first-order valence-corrected chi connectivity index (χ1v) is 5.85. The predicted molar refractivity (Wildman–Crippen MR) is 54.6 cm³/mol. The number of anilines is 1. The Morgan fingerprint density at radius 3 is 2.93 bits per heavy atom. The zero-order chi connectivity index (χ0) is 10.2. The highest BCUT2D eigenvalue weighted by Gasteiger charge is 2.02. The van der Waals surface area contributed by atoms with Crippen LogP contribution < -0.4 is 4.72 Å². The quantitative estimate of drug-likeness (QED) is 0.776. The fourth-order valence-electron chi connectivity index (χ4n) is 1.22. The summed E-state index contributed by atoms with van der Waals surface area (Å²) in [5.41, 5.74) is 1.42. The molecule has 0 aliphatic rings. The molecule has 0 saturated carbocycles. The van der Waals surface area contributed by atoms with E-state index in [9.17, 15) is 8.42 Å². The van der Waals surface area contributed by atoms with Gasteiger partial charge in [0, 0.05) is 11.1 Å². The van der Waals surface area contributed by atoms with E-state index in [1.807, 2.05) is 0 Å². The Hall–Kier alpha value is -1.56. The highest BCUT2D eigenvalue weighted by Crippen LogP contribution is 2.17. The number of rotatable bonds is 2. The summed E-state index contributed by atoms with van der Waals surface area (Å²) in [6.07, 6.45) is 2.76. The van der Waals surface area contributed by atoms with E-state index < -0.39 is 10.0 Å². The zero-order valence-corrected chi connectivity index (χ0v) is 8.30. The van der Waals surface area contributed by atoms with Crippen LogP contribution in [0.5, 0.6) is 0 Å². The fraction of sp³-hybridized carbons (Fsp3) is 0.125. The van der Waals surface area contributed by atoms with Gasteiger partial charge in [0.2, 0.25) is 10.0 Å². The second-order valence-electron chi connectivity index (χ2n) is 3.05. The molecule has 74 valence electrons. The molecule has 0 atom stereocenters. The van der Waals surface area contributed by atoms with Crippen molar-refractivity contribution in [1.82, 2.24) is 10.2 Å². The first kappa shape index (κ1) is 9.01. The molecular weight excluding hydrogens is 202 g/mol. The van der Waals surface area contributed by atoms with Gasteiger partial charge in [-0.2, -0.15) is 5.10 Å². The number of aromatic nitrogens is 2. The molecule has 0 saturated heterocycles. The second-order valence-corrected chi connectivity index (χ2v) is 4.79. The topological polar surface area (TPSA) is 74.8 Å². The first-order valence-electron chi connectivity index (χ1n) is 3.95. The smallest absolute Gasteiger partial charge is 0.229 e. The molecule has 0 spiro atoms. The van der Waals surface area contributed by atoms with E-state index in [2.05, 4.69) is 14.9 Å². The average Bonchev–Trinajstić information content (AvgIpc) is 2.47. The van der Waals surface area contributed by atoms with Crippen molar-refractivity contribution in [3.05, 3.63) is 24.4 Å². The molecule has 2 rings (SSSR count). The molecule has 0 bridgehead atoms. The molecular formula is C8H9N3O2S. The van der Waals surface area contributed by atoms with Crippen LogP contribution >= 0.6 is 0 Å². The van der Waals surface area contributed by atoms with E-state index in [0.717, 1.165) is 17.2 Å². The van der Waals surface area contributed by atoms with E-state index in [1.165, 1.54) is 0 Å². The lowest BCUT2D eigenvalue weighted by Gasteiger charge is -2.02. The Kier molecular flexibility index (Phi) is 1.92. The Morgan fingerprint density at radius 1 is 1.43 bits per heavy atom. The van der Waals surface area contributed by atoms with Crippen LogP contribution in [0.15, 0.2) is 24.4 Å². The summed E-state index contributed by atoms with van der Waals surface area (Å²) >= 11 is 0. The number of hydrogen-bond donors (Lipinski definition) is 2. The molecule has 0 amide bonds. The summed E-state index contributed by atoms with van der Waals surface area (Å²) < 4.78 is 24.3. The number of aromatic amines is 1. The third-order valence-electron chi connectivity index (χ3n) is 1.74. The summed E-state index contributed by atoms with van der Waals surface area (Å²) in [6.45, 7) is 0. The predicted octanol–water partition coefficient (Wildman–Crippen LogP) is 0.934. The van der Waals surface area contributed by atoms with Gasteiger partial charge in [-0.15, -0.1) is 0 Å². The minimum absolute atomic E-state index is 0.543. The first-order chi connectivity index (χ1) is 6.54. The molecule has 0 radical (unpaired) electrons. The lowest BCUT2D eigenvalue weighted by atomic mass is 10.2. The van der Waals surface area contributed by atoms with Gasteiger partial charge in [-0.25, -0.2) is 8.42 Å². The summed E-state index contributed by atoms with van der Waals surface area (Å²) in [6, 6.07) is 5.18. The molecule has 1 heterocycles. The van der Waals surface area contributed by atoms with Crippen molar-refractivity contribution < 1.29 is 8.42 Å². The van der Waals surface area contributed by atoms with Crippen LogP contribution in [0.25, 0.3) is 10.9 Å². The Bertz CT molecular complexity index is 559. The molecule has 0 aliphatic heterocycles. The highest BCUT2D eigenvalue weighted by molar-refractivity contribution is 7.92. The normalized spacial score (nSPS) is 11.8. The monoisotopic (exact) mass is 211 g/mol. The maximum absolute atomic E-state index is 10.9. The fourth-order valence-corrected chi connectivity index (χ4v) is 1.78. The molecule has 1 aromatic carbocycles. The average molecular weight is 211 g/mol. The van der Waals surface area contributed by atoms with Gasteiger partial charge >= 0.3 is 0 Å².